The molecule has 0 amide bonds. The first-order valence-corrected chi connectivity index (χ1v) is 11.3. The van der Waals surface area contributed by atoms with Crippen molar-refractivity contribution in [3.63, 3.8) is 0 Å². The van der Waals surface area contributed by atoms with E-state index in [1.54, 1.807) is 0 Å². The van der Waals surface area contributed by atoms with Gasteiger partial charge in [0.25, 0.3) is 0 Å². The number of hydrogen-bond donors (Lipinski definition) is 4. The molecule has 0 saturated heterocycles. The first-order chi connectivity index (χ1) is 12.6. The second-order valence-corrected chi connectivity index (χ2v) is 7.90. The van der Waals surface area contributed by atoms with Crippen molar-refractivity contribution in [2.45, 2.75) is 128 Å². The van der Waals surface area contributed by atoms with Crippen molar-refractivity contribution in [2.24, 2.45) is 0 Å². The van der Waals surface area contributed by atoms with E-state index in [0.717, 1.165) is 25.7 Å². The van der Waals surface area contributed by atoms with Crippen molar-refractivity contribution < 1.29 is 20.1 Å². The van der Waals surface area contributed by atoms with Gasteiger partial charge >= 0.3 is 14.2 Å². The minimum absolute atomic E-state index is 0.523. The number of rotatable bonds is 21. The molecule has 0 unspecified atom stereocenters. The second kappa shape index (κ2) is 21.3. The molecule has 0 aromatic rings. The van der Waals surface area contributed by atoms with E-state index in [2.05, 4.69) is 0 Å². The van der Waals surface area contributed by atoms with Crippen molar-refractivity contribution in [3.05, 3.63) is 0 Å². The zero-order chi connectivity index (χ0) is 19.3. The third-order valence-corrected chi connectivity index (χ3v) is 5.17. The maximum absolute atomic E-state index is 8.75. The minimum atomic E-state index is -1.12. The maximum Gasteiger partial charge on any atom is 0.451 e. The van der Waals surface area contributed by atoms with Crippen LogP contribution in [0.4, 0.5) is 0 Å². The zero-order valence-electron chi connectivity index (χ0n) is 17.1. The molecule has 0 radical (unpaired) electrons. The summed E-state index contributed by atoms with van der Waals surface area (Å²) in [5.74, 6) is 0. The normalized spacial score (nSPS) is 11.1. The predicted molar refractivity (Wildman–Crippen MR) is 113 cm³/mol. The molecule has 0 aromatic carbocycles. The molecule has 0 rings (SSSR count). The van der Waals surface area contributed by atoms with Gasteiger partial charge in [0.2, 0.25) is 0 Å². The topological polar surface area (TPSA) is 80.9 Å². The molecule has 0 aliphatic carbocycles. The predicted octanol–water partition coefficient (Wildman–Crippen LogP) is 4.95. The molecule has 0 atom stereocenters. The summed E-state index contributed by atoms with van der Waals surface area (Å²) in [6.45, 7) is 0. The van der Waals surface area contributed by atoms with Crippen LogP contribution in [0, 0.1) is 0 Å². The van der Waals surface area contributed by atoms with Gasteiger partial charge in [-0.05, 0) is 12.6 Å². The Morgan fingerprint density at radius 2 is 0.423 bits per heavy atom. The summed E-state index contributed by atoms with van der Waals surface area (Å²) in [5, 5.41) is 35.0. The molecular formula is C20H44B2O4. The van der Waals surface area contributed by atoms with Crippen molar-refractivity contribution in [1.82, 2.24) is 0 Å². The van der Waals surface area contributed by atoms with Gasteiger partial charge in [-0.3, -0.25) is 0 Å². The molecule has 0 aliphatic rings. The molecule has 0 spiro atoms. The Hall–Kier alpha value is -0.0301. The van der Waals surface area contributed by atoms with Crippen LogP contribution in [-0.4, -0.2) is 34.3 Å². The Bertz CT molecular complexity index is 240. The monoisotopic (exact) mass is 370 g/mol. The Labute approximate surface area is 163 Å². The summed E-state index contributed by atoms with van der Waals surface area (Å²) >= 11 is 0. The van der Waals surface area contributed by atoms with E-state index >= 15 is 0 Å². The van der Waals surface area contributed by atoms with Crippen LogP contribution in [0.2, 0.25) is 12.6 Å². The molecule has 0 bridgehead atoms. The van der Waals surface area contributed by atoms with E-state index in [9.17, 15) is 0 Å². The highest BCUT2D eigenvalue weighted by Gasteiger charge is 2.05. The summed E-state index contributed by atoms with van der Waals surface area (Å²) in [4.78, 5) is 0. The van der Waals surface area contributed by atoms with Gasteiger partial charge in [0.05, 0.1) is 0 Å². The van der Waals surface area contributed by atoms with Crippen LogP contribution >= 0.6 is 0 Å². The average molecular weight is 370 g/mol. The lowest BCUT2D eigenvalue weighted by molar-refractivity contribution is 0.400. The first-order valence-electron chi connectivity index (χ1n) is 11.3. The van der Waals surface area contributed by atoms with E-state index in [-0.39, 0.29) is 0 Å². The molecule has 0 fully saturated rings. The molecular weight excluding hydrogens is 326 g/mol. The molecule has 4 nitrogen and oxygen atoms in total. The van der Waals surface area contributed by atoms with E-state index in [1.165, 1.54) is 89.9 Å². The number of unbranched alkanes of at least 4 members (excludes halogenated alkanes) is 17. The highest BCUT2D eigenvalue weighted by molar-refractivity contribution is 6.41. The highest BCUT2D eigenvalue weighted by Crippen LogP contribution is 2.15. The van der Waals surface area contributed by atoms with Crippen molar-refractivity contribution in [3.8, 4) is 0 Å². The van der Waals surface area contributed by atoms with Gasteiger partial charge in [-0.1, -0.05) is 116 Å². The van der Waals surface area contributed by atoms with Crippen LogP contribution in [-0.2, 0) is 0 Å². The molecule has 4 N–H and O–H groups in total. The van der Waals surface area contributed by atoms with Crippen LogP contribution in [0.15, 0.2) is 0 Å². The molecule has 6 heteroatoms. The molecule has 154 valence electrons. The quantitative estimate of drug-likeness (QED) is 0.170. The molecule has 26 heavy (non-hydrogen) atoms. The fourth-order valence-corrected chi connectivity index (χ4v) is 3.48. The van der Waals surface area contributed by atoms with Gasteiger partial charge in [-0.2, -0.15) is 0 Å². The van der Waals surface area contributed by atoms with E-state index < -0.39 is 14.2 Å². The SMILES string of the molecule is OB(O)CCCCCCCCCCCCCCCCCCCCB(O)O. The largest absolute Gasteiger partial charge is 0.451 e. The fraction of sp³-hybridized carbons (Fsp3) is 1.00. The van der Waals surface area contributed by atoms with Crippen LogP contribution < -0.4 is 0 Å². The standard InChI is InChI=1S/C20H44B2O4/c23-21(24)19-17-15-13-11-9-7-5-3-1-2-4-6-8-10-12-14-16-18-20-22(25)26/h23-26H,1-20H2. The molecule has 0 aliphatic heterocycles. The molecule has 0 aromatic heterocycles. The summed E-state index contributed by atoms with van der Waals surface area (Å²) in [6, 6.07) is 0. The lowest BCUT2D eigenvalue weighted by atomic mass is 9.83. The third-order valence-electron chi connectivity index (χ3n) is 5.17. The fourth-order valence-electron chi connectivity index (χ4n) is 3.48. The van der Waals surface area contributed by atoms with Crippen LogP contribution in [0.1, 0.15) is 116 Å². The zero-order valence-corrected chi connectivity index (χ0v) is 17.1. The van der Waals surface area contributed by atoms with Gasteiger partial charge in [0.1, 0.15) is 0 Å². The second-order valence-electron chi connectivity index (χ2n) is 7.90. The minimum Gasteiger partial charge on any atom is -0.427 e. The summed E-state index contributed by atoms with van der Waals surface area (Å²) in [7, 11) is -2.23. The Morgan fingerprint density at radius 1 is 0.269 bits per heavy atom. The van der Waals surface area contributed by atoms with Crippen LogP contribution in [0.5, 0.6) is 0 Å². The van der Waals surface area contributed by atoms with Gasteiger partial charge < -0.3 is 20.1 Å². The average Bonchev–Trinajstić information content (AvgIpc) is 2.59. The third kappa shape index (κ3) is 24.0. The molecule has 0 heterocycles. The van der Waals surface area contributed by atoms with Gasteiger partial charge in [-0.25, -0.2) is 0 Å². The van der Waals surface area contributed by atoms with Crippen molar-refractivity contribution in [1.29, 1.82) is 0 Å². The lowest BCUT2D eigenvalue weighted by Gasteiger charge is -2.04. The van der Waals surface area contributed by atoms with E-state index in [4.69, 9.17) is 20.1 Å². The summed E-state index contributed by atoms with van der Waals surface area (Å²) in [6.07, 6.45) is 23.9. The first kappa shape index (κ1) is 26.0. The Morgan fingerprint density at radius 3 is 0.577 bits per heavy atom. The van der Waals surface area contributed by atoms with Gasteiger partial charge in [0, 0.05) is 0 Å². The van der Waals surface area contributed by atoms with Crippen molar-refractivity contribution >= 4 is 14.2 Å². The van der Waals surface area contributed by atoms with E-state index in [0.29, 0.717) is 12.6 Å². The van der Waals surface area contributed by atoms with Gasteiger partial charge in [0.15, 0.2) is 0 Å². The Balaban J connectivity index is 2.99. The highest BCUT2D eigenvalue weighted by atomic mass is 16.4. The smallest absolute Gasteiger partial charge is 0.427 e. The van der Waals surface area contributed by atoms with Gasteiger partial charge in [-0.15, -0.1) is 0 Å². The molecule has 0 saturated carbocycles. The Kier molecular flexibility index (Phi) is 21.2. The summed E-state index contributed by atoms with van der Waals surface area (Å²) in [5.41, 5.74) is 0. The van der Waals surface area contributed by atoms with Crippen LogP contribution in [0.25, 0.3) is 0 Å². The maximum atomic E-state index is 8.75. The van der Waals surface area contributed by atoms with E-state index in [1.807, 2.05) is 0 Å². The lowest BCUT2D eigenvalue weighted by Crippen LogP contribution is -2.09. The number of hydrogen-bond acceptors (Lipinski definition) is 4. The van der Waals surface area contributed by atoms with Crippen LogP contribution in [0.3, 0.4) is 0 Å². The summed E-state index contributed by atoms with van der Waals surface area (Å²) < 4.78 is 0. The van der Waals surface area contributed by atoms with Crippen molar-refractivity contribution in [2.75, 3.05) is 0 Å².